The number of nitro benzene ring substituents is 1. The first-order valence-electron chi connectivity index (χ1n) is 8.22. The molecule has 1 amide bonds. The lowest BCUT2D eigenvalue weighted by Crippen LogP contribution is -2.25. The van der Waals surface area contributed by atoms with E-state index < -0.39 is 10.8 Å². The van der Waals surface area contributed by atoms with Gasteiger partial charge < -0.3 is 9.72 Å². The molecule has 2 aromatic carbocycles. The monoisotopic (exact) mass is 366 g/mol. The molecule has 0 bridgehead atoms. The molecular weight excluding hydrogens is 348 g/mol. The fourth-order valence-corrected chi connectivity index (χ4v) is 2.81. The van der Waals surface area contributed by atoms with Crippen LogP contribution >= 0.6 is 0 Å². The highest BCUT2D eigenvalue weighted by Crippen LogP contribution is 2.28. The molecule has 2 N–H and O–H groups in total. The molecule has 0 atom stereocenters. The third kappa shape index (κ3) is 4.12. The smallest absolute Gasteiger partial charge is 0.277 e. The van der Waals surface area contributed by atoms with Gasteiger partial charge in [0.05, 0.1) is 11.1 Å². The normalized spacial score (nSPS) is 11.0. The molecule has 0 saturated carbocycles. The Morgan fingerprint density at radius 2 is 2.00 bits per heavy atom. The van der Waals surface area contributed by atoms with E-state index in [1.807, 2.05) is 24.3 Å². The lowest BCUT2D eigenvalue weighted by Gasteiger charge is -2.11. The van der Waals surface area contributed by atoms with Crippen LogP contribution in [0.2, 0.25) is 0 Å². The molecule has 0 spiro atoms. The number of nitrogens with zero attached hydrogens (tertiary/aromatic N) is 2. The van der Waals surface area contributed by atoms with Gasteiger partial charge in [-0.1, -0.05) is 18.2 Å². The Kier molecular flexibility index (Phi) is 5.16. The van der Waals surface area contributed by atoms with Crippen LogP contribution in [0.5, 0.6) is 5.75 Å². The molecule has 0 unspecified atom stereocenters. The van der Waals surface area contributed by atoms with E-state index in [0.29, 0.717) is 16.9 Å². The minimum Gasteiger partial charge on any atom is -0.483 e. The number of fused-ring (bicyclic) bond motifs is 1. The molecule has 0 fully saturated rings. The van der Waals surface area contributed by atoms with Gasteiger partial charge in [-0.2, -0.15) is 5.10 Å². The van der Waals surface area contributed by atoms with Crippen LogP contribution in [0.4, 0.5) is 5.69 Å². The molecule has 0 aliphatic heterocycles. The standard InChI is InChI=1S/C19H18N4O4/c1-12-7-15(23(25)26)8-13(2)19(12)27-11-18(24)22-21-10-14-9-20-17-6-4-3-5-16(14)17/h3-10,20H,11H2,1-2H3,(H,22,24)/b21-10-. The predicted octanol–water partition coefficient (Wildman–Crippen LogP) is 3.22. The topological polar surface area (TPSA) is 110 Å². The van der Waals surface area contributed by atoms with Gasteiger partial charge in [0, 0.05) is 34.8 Å². The summed E-state index contributed by atoms with van der Waals surface area (Å²) in [6.07, 6.45) is 3.36. The van der Waals surface area contributed by atoms with Crippen molar-refractivity contribution in [2.45, 2.75) is 13.8 Å². The Labute approximate surface area is 155 Å². The number of ether oxygens (including phenoxy) is 1. The molecule has 0 radical (unpaired) electrons. The van der Waals surface area contributed by atoms with Crippen LogP contribution in [0.3, 0.4) is 0 Å². The summed E-state index contributed by atoms with van der Waals surface area (Å²) in [5, 5.41) is 15.8. The molecule has 1 aromatic heterocycles. The van der Waals surface area contributed by atoms with Gasteiger partial charge in [0.25, 0.3) is 11.6 Å². The van der Waals surface area contributed by atoms with Gasteiger partial charge in [0.15, 0.2) is 6.61 Å². The van der Waals surface area contributed by atoms with E-state index in [1.165, 1.54) is 12.1 Å². The second-order valence-electron chi connectivity index (χ2n) is 6.04. The highest BCUT2D eigenvalue weighted by atomic mass is 16.6. The Morgan fingerprint density at radius 1 is 1.30 bits per heavy atom. The van der Waals surface area contributed by atoms with Crippen molar-refractivity contribution in [2.75, 3.05) is 6.61 Å². The van der Waals surface area contributed by atoms with Crippen molar-refractivity contribution < 1.29 is 14.5 Å². The summed E-state index contributed by atoms with van der Waals surface area (Å²) >= 11 is 0. The van der Waals surface area contributed by atoms with Crippen molar-refractivity contribution in [3.8, 4) is 5.75 Å². The van der Waals surface area contributed by atoms with Crippen LogP contribution in [-0.2, 0) is 4.79 Å². The number of hydrogen-bond donors (Lipinski definition) is 2. The summed E-state index contributed by atoms with van der Waals surface area (Å²) in [5.74, 6) is 0.0274. The lowest BCUT2D eigenvalue weighted by molar-refractivity contribution is -0.385. The van der Waals surface area contributed by atoms with E-state index in [0.717, 1.165) is 16.5 Å². The first kappa shape index (κ1) is 18.1. The zero-order chi connectivity index (χ0) is 19.4. The number of para-hydroxylation sites is 1. The number of aromatic nitrogens is 1. The fourth-order valence-electron chi connectivity index (χ4n) is 2.81. The minimum absolute atomic E-state index is 0.00914. The number of H-pyrrole nitrogens is 1. The highest BCUT2D eigenvalue weighted by molar-refractivity contribution is 5.99. The van der Waals surface area contributed by atoms with E-state index in [2.05, 4.69) is 15.5 Å². The second-order valence-corrected chi connectivity index (χ2v) is 6.04. The quantitative estimate of drug-likeness (QED) is 0.396. The SMILES string of the molecule is Cc1cc([N+](=O)[O-])cc(C)c1OCC(=O)N/N=C\c1c[nH]c2ccccc12. The number of nitro groups is 1. The Bertz CT molecular complexity index is 1020. The Balaban J connectivity index is 1.59. The van der Waals surface area contributed by atoms with E-state index in [1.54, 1.807) is 26.3 Å². The maximum Gasteiger partial charge on any atom is 0.277 e. The van der Waals surface area contributed by atoms with Crippen LogP contribution in [0.1, 0.15) is 16.7 Å². The average molecular weight is 366 g/mol. The number of hydrazone groups is 1. The van der Waals surface area contributed by atoms with Gasteiger partial charge in [0.2, 0.25) is 0 Å². The number of amides is 1. The van der Waals surface area contributed by atoms with Gasteiger partial charge in [-0.15, -0.1) is 0 Å². The van der Waals surface area contributed by atoms with Gasteiger partial charge in [-0.05, 0) is 31.0 Å². The van der Waals surface area contributed by atoms with E-state index in [4.69, 9.17) is 4.74 Å². The van der Waals surface area contributed by atoms with Crippen molar-refractivity contribution in [1.82, 2.24) is 10.4 Å². The van der Waals surface area contributed by atoms with Gasteiger partial charge in [-0.3, -0.25) is 14.9 Å². The van der Waals surface area contributed by atoms with Crippen LogP contribution in [-0.4, -0.2) is 28.6 Å². The third-order valence-corrected chi connectivity index (χ3v) is 4.02. The minimum atomic E-state index is -0.462. The van der Waals surface area contributed by atoms with E-state index >= 15 is 0 Å². The molecule has 3 aromatic rings. The molecule has 0 aliphatic carbocycles. The predicted molar refractivity (Wildman–Crippen MR) is 102 cm³/mol. The first-order chi connectivity index (χ1) is 13.0. The molecule has 0 aliphatic rings. The van der Waals surface area contributed by atoms with Crippen LogP contribution in [0.15, 0.2) is 47.7 Å². The zero-order valence-corrected chi connectivity index (χ0v) is 14.9. The summed E-state index contributed by atoms with van der Waals surface area (Å²) in [5.41, 5.74) is 5.43. The van der Waals surface area contributed by atoms with Gasteiger partial charge >= 0.3 is 0 Å². The molecule has 27 heavy (non-hydrogen) atoms. The number of rotatable bonds is 6. The van der Waals surface area contributed by atoms with Crippen molar-refractivity contribution in [3.05, 3.63) is 69.4 Å². The summed E-state index contributed by atoms with van der Waals surface area (Å²) in [6, 6.07) is 10.6. The van der Waals surface area contributed by atoms with Gasteiger partial charge in [-0.25, -0.2) is 5.43 Å². The largest absolute Gasteiger partial charge is 0.483 e. The Hall–Kier alpha value is -3.68. The Morgan fingerprint density at radius 3 is 2.70 bits per heavy atom. The van der Waals surface area contributed by atoms with Crippen LogP contribution in [0.25, 0.3) is 10.9 Å². The zero-order valence-electron chi connectivity index (χ0n) is 14.9. The van der Waals surface area contributed by atoms with Crippen LogP contribution < -0.4 is 10.2 Å². The molecule has 3 rings (SSSR count). The van der Waals surface area contributed by atoms with E-state index in [-0.39, 0.29) is 12.3 Å². The van der Waals surface area contributed by atoms with E-state index in [9.17, 15) is 14.9 Å². The number of benzene rings is 2. The number of carbonyl (C=O) groups excluding carboxylic acids is 1. The maximum absolute atomic E-state index is 11.9. The number of nitrogens with one attached hydrogen (secondary N) is 2. The van der Waals surface area contributed by atoms with Crippen molar-refractivity contribution >= 4 is 28.7 Å². The number of carbonyl (C=O) groups is 1. The molecule has 138 valence electrons. The molecule has 0 saturated heterocycles. The summed E-state index contributed by atoms with van der Waals surface area (Å²) < 4.78 is 5.51. The average Bonchev–Trinajstić information content (AvgIpc) is 3.04. The number of non-ortho nitro benzene ring substituents is 1. The van der Waals surface area contributed by atoms with Crippen molar-refractivity contribution in [2.24, 2.45) is 5.10 Å². The summed E-state index contributed by atoms with van der Waals surface area (Å²) in [7, 11) is 0. The van der Waals surface area contributed by atoms with Crippen molar-refractivity contribution in [1.29, 1.82) is 0 Å². The highest BCUT2D eigenvalue weighted by Gasteiger charge is 2.14. The third-order valence-electron chi connectivity index (χ3n) is 4.02. The lowest BCUT2D eigenvalue weighted by atomic mass is 10.1. The first-order valence-corrected chi connectivity index (χ1v) is 8.22. The van der Waals surface area contributed by atoms with Gasteiger partial charge in [0.1, 0.15) is 5.75 Å². The van der Waals surface area contributed by atoms with Crippen molar-refractivity contribution in [3.63, 3.8) is 0 Å². The molecular formula is C19H18N4O4. The fraction of sp³-hybridized carbons (Fsp3) is 0.158. The molecule has 8 heteroatoms. The summed E-state index contributed by atoms with van der Waals surface area (Å²) in [4.78, 5) is 25.5. The summed E-state index contributed by atoms with van der Waals surface area (Å²) in [6.45, 7) is 3.15. The molecule has 8 nitrogen and oxygen atoms in total. The number of aryl methyl sites for hydroxylation is 2. The number of hydrogen-bond acceptors (Lipinski definition) is 5. The van der Waals surface area contributed by atoms with Crippen LogP contribution in [0, 0.1) is 24.0 Å². The second kappa shape index (κ2) is 7.69. The molecule has 1 heterocycles. The maximum atomic E-state index is 11.9. The number of aromatic amines is 1.